The summed E-state index contributed by atoms with van der Waals surface area (Å²) in [7, 11) is 0. The van der Waals surface area contributed by atoms with Crippen LogP contribution in [-0.4, -0.2) is 47.9 Å². The van der Waals surface area contributed by atoms with Crippen LogP contribution in [0.5, 0.6) is 0 Å². The Bertz CT molecular complexity index is 335. The van der Waals surface area contributed by atoms with Gasteiger partial charge in [-0.3, -0.25) is 0 Å². The van der Waals surface area contributed by atoms with Gasteiger partial charge in [-0.15, -0.1) is 10.3 Å². The lowest BCUT2D eigenvalue weighted by atomic mass is 9.80. The van der Waals surface area contributed by atoms with Crippen molar-refractivity contribution >= 4 is 0 Å². The molecular weight excluding hydrogens is 282 g/mol. The second-order valence-electron chi connectivity index (χ2n) is 8.03. The number of piperidine rings is 1. The first-order valence-electron chi connectivity index (χ1n) is 8.57. The third kappa shape index (κ3) is 4.65. The first-order valence-corrected chi connectivity index (χ1v) is 8.57. The zero-order chi connectivity index (χ0) is 16.4. The predicted molar refractivity (Wildman–Crippen MR) is 83.8 cm³/mol. The fraction of sp³-hybridized carbons (Fsp3) is 1.00. The number of ether oxygens (including phenoxy) is 3. The molecule has 0 bridgehead atoms. The van der Waals surface area contributed by atoms with Gasteiger partial charge in [0.05, 0.1) is 18.8 Å². The number of nitrogens with zero attached hydrogens (tertiary/aromatic N) is 1. The molecule has 2 fully saturated rings. The molecule has 22 heavy (non-hydrogen) atoms. The molecule has 2 aliphatic heterocycles. The van der Waals surface area contributed by atoms with Crippen LogP contribution in [0.3, 0.4) is 0 Å². The van der Waals surface area contributed by atoms with Gasteiger partial charge in [0.1, 0.15) is 0 Å². The monoisotopic (exact) mass is 314 g/mol. The number of rotatable bonds is 5. The molecule has 2 rings (SSSR count). The highest BCUT2D eigenvalue weighted by Crippen LogP contribution is 2.38. The van der Waals surface area contributed by atoms with E-state index in [9.17, 15) is 5.21 Å². The Labute approximate surface area is 134 Å². The van der Waals surface area contributed by atoms with Crippen LogP contribution in [0.1, 0.15) is 66.7 Å². The van der Waals surface area contributed by atoms with Crippen molar-refractivity contribution in [2.24, 2.45) is 0 Å². The highest BCUT2D eigenvalue weighted by molar-refractivity contribution is 4.96. The molecule has 0 saturated carbocycles. The summed E-state index contributed by atoms with van der Waals surface area (Å²) in [5, 5.41) is 13.6. The Kier molecular flexibility index (Phi) is 5.89. The molecule has 0 aliphatic carbocycles. The van der Waals surface area contributed by atoms with Crippen molar-refractivity contribution in [3.8, 4) is 0 Å². The lowest BCUT2D eigenvalue weighted by molar-refractivity contribution is -0.302. The van der Waals surface area contributed by atoms with Gasteiger partial charge in [-0.05, 0) is 66.7 Å². The summed E-state index contributed by atoms with van der Waals surface area (Å²) in [6.45, 7) is 11.3. The van der Waals surface area contributed by atoms with E-state index in [1.807, 2.05) is 34.6 Å². The van der Waals surface area contributed by atoms with E-state index < -0.39 is 0 Å². The van der Waals surface area contributed by atoms with Gasteiger partial charge in [0, 0.05) is 17.7 Å². The molecule has 0 aromatic carbocycles. The van der Waals surface area contributed by atoms with Crippen LogP contribution in [0.25, 0.3) is 0 Å². The molecule has 129 valence electrons. The third-order valence-electron chi connectivity index (χ3n) is 4.64. The molecule has 0 amide bonds. The Balaban J connectivity index is 1.78. The van der Waals surface area contributed by atoms with E-state index in [0.29, 0.717) is 6.61 Å². The molecular formula is C17H32NO4. The lowest BCUT2D eigenvalue weighted by Gasteiger charge is -2.49. The zero-order valence-corrected chi connectivity index (χ0v) is 14.8. The van der Waals surface area contributed by atoms with Gasteiger partial charge in [-0.2, -0.15) is 0 Å². The molecule has 2 heterocycles. The largest absolute Gasteiger partial charge is 0.375 e. The quantitative estimate of drug-likeness (QED) is 0.781. The summed E-state index contributed by atoms with van der Waals surface area (Å²) < 4.78 is 17.5. The average Bonchev–Trinajstić information content (AvgIpc) is 2.43. The molecule has 2 unspecified atom stereocenters. The minimum atomic E-state index is -0.386. The minimum Gasteiger partial charge on any atom is -0.375 e. The number of hydrogen-bond donors (Lipinski definition) is 0. The lowest BCUT2D eigenvalue weighted by Crippen LogP contribution is -2.60. The standard InChI is InChI=1S/C17H32NO4/c1-13(22-15-8-6-7-9-20-15)12-21-14-10-16(2,3)18(19)17(4,5)11-14/h13-15H,6-12H2,1-5H3. The summed E-state index contributed by atoms with van der Waals surface area (Å²) in [5.41, 5.74) is -0.772. The van der Waals surface area contributed by atoms with Crippen molar-refractivity contribution in [1.29, 1.82) is 0 Å². The maximum atomic E-state index is 12.3. The van der Waals surface area contributed by atoms with Crippen LogP contribution in [-0.2, 0) is 19.4 Å². The number of hydroxylamine groups is 2. The van der Waals surface area contributed by atoms with Crippen molar-refractivity contribution in [3.05, 3.63) is 0 Å². The molecule has 5 heteroatoms. The maximum absolute atomic E-state index is 12.3. The molecule has 2 saturated heterocycles. The van der Waals surface area contributed by atoms with Gasteiger partial charge >= 0.3 is 0 Å². The van der Waals surface area contributed by atoms with Gasteiger partial charge in [0.15, 0.2) is 6.29 Å². The van der Waals surface area contributed by atoms with E-state index >= 15 is 0 Å². The Morgan fingerprint density at radius 3 is 2.36 bits per heavy atom. The van der Waals surface area contributed by atoms with Crippen LogP contribution in [0, 0.1) is 0 Å². The van der Waals surface area contributed by atoms with Crippen molar-refractivity contribution in [2.45, 2.75) is 96.3 Å². The zero-order valence-electron chi connectivity index (χ0n) is 14.8. The Morgan fingerprint density at radius 1 is 1.18 bits per heavy atom. The summed E-state index contributed by atoms with van der Waals surface area (Å²) in [5.74, 6) is 0. The van der Waals surface area contributed by atoms with Crippen molar-refractivity contribution in [3.63, 3.8) is 0 Å². The topological polar surface area (TPSA) is 50.8 Å². The molecule has 0 spiro atoms. The predicted octanol–water partition coefficient (Wildman–Crippen LogP) is 3.30. The number of hydrogen-bond acceptors (Lipinski definition) is 4. The first kappa shape index (κ1) is 18.1. The fourth-order valence-corrected chi connectivity index (χ4v) is 3.68. The van der Waals surface area contributed by atoms with Crippen LogP contribution in [0.15, 0.2) is 0 Å². The molecule has 0 N–H and O–H groups in total. The SMILES string of the molecule is CC(COC1CC(C)(C)N([O])C(C)(C)C1)OC1CCCCO1. The van der Waals surface area contributed by atoms with Gasteiger partial charge in [0.2, 0.25) is 0 Å². The van der Waals surface area contributed by atoms with E-state index in [-0.39, 0.29) is 29.6 Å². The molecule has 0 aromatic heterocycles. The van der Waals surface area contributed by atoms with Crippen molar-refractivity contribution < 1.29 is 19.4 Å². The van der Waals surface area contributed by atoms with E-state index in [1.165, 1.54) is 11.5 Å². The van der Waals surface area contributed by atoms with Crippen molar-refractivity contribution in [1.82, 2.24) is 5.06 Å². The first-order chi connectivity index (χ1) is 10.2. The molecule has 1 radical (unpaired) electrons. The molecule has 5 nitrogen and oxygen atoms in total. The average molecular weight is 314 g/mol. The smallest absolute Gasteiger partial charge is 0.158 e. The summed E-state index contributed by atoms with van der Waals surface area (Å²) in [6, 6.07) is 0. The Morgan fingerprint density at radius 2 is 1.82 bits per heavy atom. The van der Waals surface area contributed by atoms with Crippen LogP contribution >= 0.6 is 0 Å². The maximum Gasteiger partial charge on any atom is 0.158 e. The second kappa shape index (κ2) is 7.14. The van der Waals surface area contributed by atoms with E-state index in [4.69, 9.17) is 14.2 Å². The van der Waals surface area contributed by atoms with E-state index in [1.54, 1.807) is 0 Å². The van der Waals surface area contributed by atoms with Gasteiger partial charge < -0.3 is 14.2 Å². The van der Waals surface area contributed by atoms with Crippen LogP contribution < -0.4 is 0 Å². The van der Waals surface area contributed by atoms with Gasteiger partial charge in [-0.25, -0.2) is 0 Å². The van der Waals surface area contributed by atoms with Crippen molar-refractivity contribution in [2.75, 3.05) is 13.2 Å². The molecule has 2 aliphatic rings. The van der Waals surface area contributed by atoms with Gasteiger partial charge in [-0.1, -0.05) is 0 Å². The summed E-state index contributed by atoms with van der Waals surface area (Å²) in [6.07, 6.45) is 4.82. The third-order valence-corrected chi connectivity index (χ3v) is 4.64. The second-order valence-corrected chi connectivity index (χ2v) is 8.03. The molecule has 0 aromatic rings. The van der Waals surface area contributed by atoms with Gasteiger partial charge in [0.25, 0.3) is 0 Å². The molecule has 2 atom stereocenters. The highest BCUT2D eigenvalue weighted by atomic mass is 16.7. The Hall–Kier alpha value is -0.200. The minimum absolute atomic E-state index is 0.0135. The normalized spacial score (nSPS) is 31.1. The van der Waals surface area contributed by atoms with Crippen LogP contribution in [0.2, 0.25) is 0 Å². The van der Waals surface area contributed by atoms with E-state index in [0.717, 1.165) is 32.3 Å². The fourth-order valence-electron chi connectivity index (χ4n) is 3.68. The summed E-state index contributed by atoms with van der Waals surface area (Å²) >= 11 is 0. The summed E-state index contributed by atoms with van der Waals surface area (Å²) in [4.78, 5) is 0. The van der Waals surface area contributed by atoms with Crippen LogP contribution in [0.4, 0.5) is 0 Å². The highest BCUT2D eigenvalue weighted by Gasteiger charge is 2.46. The van der Waals surface area contributed by atoms with E-state index in [2.05, 4.69) is 0 Å².